The quantitative estimate of drug-likeness (QED) is 0.841. The zero-order valence-corrected chi connectivity index (χ0v) is 16.7. The van der Waals surface area contributed by atoms with Crippen LogP contribution in [0.5, 0.6) is 5.75 Å². The van der Waals surface area contributed by atoms with Gasteiger partial charge in [-0.05, 0) is 17.0 Å². The van der Waals surface area contributed by atoms with E-state index in [1.54, 1.807) is 11.3 Å². The molecule has 1 fully saturated rings. The van der Waals surface area contributed by atoms with Crippen LogP contribution in [0.15, 0.2) is 35.8 Å². The summed E-state index contributed by atoms with van der Waals surface area (Å²) in [6, 6.07) is 8.10. The minimum absolute atomic E-state index is 0.0215. The average Bonchev–Trinajstić information content (AvgIpc) is 3.15. The van der Waals surface area contributed by atoms with E-state index in [0.29, 0.717) is 13.2 Å². The molecule has 26 heavy (non-hydrogen) atoms. The lowest BCUT2D eigenvalue weighted by molar-refractivity contribution is 0.0656. The molecule has 6 heteroatoms. The van der Waals surface area contributed by atoms with Crippen molar-refractivity contribution in [1.82, 2.24) is 9.88 Å². The fourth-order valence-corrected chi connectivity index (χ4v) is 3.94. The number of benzene rings is 1. The van der Waals surface area contributed by atoms with Crippen molar-refractivity contribution >= 4 is 16.5 Å². The third-order valence-corrected chi connectivity index (χ3v) is 5.49. The number of hydrogen-bond acceptors (Lipinski definition) is 6. The molecule has 2 heterocycles. The summed E-state index contributed by atoms with van der Waals surface area (Å²) in [6.07, 6.45) is 1.36. The number of para-hydroxylation sites is 1. The first-order valence-corrected chi connectivity index (χ1v) is 10.1. The van der Waals surface area contributed by atoms with E-state index in [0.717, 1.165) is 37.1 Å². The second-order valence-electron chi connectivity index (χ2n) is 7.81. The minimum atomic E-state index is -0.491. The smallest absolute Gasteiger partial charge is 0.185 e. The predicted octanol–water partition coefficient (Wildman–Crippen LogP) is 3.00. The maximum atomic E-state index is 10.4. The maximum Gasteiger partial charge on any atom is 0.185 e. The normalized spacial score (nSPS) is 17.3. The Kier molecular flexibility index (Phi) is 6.16. The summed E-state index contributed by atoms with van der Waals surface area (Å²) < 4.78 is 5.95. The number of aromatic nitrogens is 1. The van der Waals surface area contributed by atoms with Gasteiger partial charge in [-0.2, -0.15) is 0 Å². The Morgan fingerprint density at radius 1 is 1.19 bits per heavy atom. The Balaban J connectivity index is 1.46. The first kappa shape index (κ1) is 19.1. The number of hydrogen-bond donors (Lipinski definition) is 1. The van der Waals surface area contributed by atoms with Gasteiger partial charge in [0, 0.05) is 44.3 Å². The molecule has 1 aromatic carbocycles. The van der Waals surface area contributed by atoms with E-state index in [-0.39, 0.29) is 5.41 Å². The number of aliphatic hydroxyl groups excluding tert-OH is 1. The van der Waals surface area contributed by atoms with Gasteiger partial charge in [-0.3, -0.25) is 4.90 Å². The highest BCUT2D eigenvalue weighted by Gasteiger charge is 2.22. The lowest BCUT2D eigenvalue weighted by atomic mass is 9.86. The van der Waals surface area contributed by atoms with Crippen molar-refractivity contribution in [2.24, 2.45) is 0 Å². The van der Waals surface area contributed by atoms with Crippen LogP contribution in [0.25, 0.3) is 0 Å². The molecule has 5 nitrogen and oxygen atoms in total. The number of rotatable bonds is 6. The van der Waals surface area contributed by atoms with Crippen LogP contribution >= 0.6 is 11.3 Å². The van der Waals surface area contributed by atoms with Gasteiger partial charge in [0.1, 0.15) is 18.5 Å². The summed E-state index contributed by atoms with van der Waals surface area (Å²) in [4.78, 5) is 8.98. The number of β-amino-alcohol motifs (C(OH)–C–C–N with tert-alkyl or cyclic N) is 1. The maximum absolute atomic E-state index is 10.4. The summed E-state index contributed by atoms with van der Waals surface area (Å²) >= 11 is 1.68. The third kappa shape index (κ3) is 4.96. The van der Waals surface area contributed by atoms with Gasteiger partial charge in [-0.1, -0.05) is 39.0 Å². The Morgan fingerprint density at radius 2 is 1.92 bits per heavy atom. The number of thiazole rings is 1. The zero-order chi connectivity index (χ0) is 18.6. The molecule has 1 atom stereocenters. The summed E-state index contributed by atoms with van der Waals surface area (Å²) in [5.74, 6) is 0.868. The molecule has 1 aromatic heterocycles. The molecule has 1 saturated heterocycles. The van der Waals surface area contributed by atoms with Crippen LogP contribution in [0, 0.1) is 0 Å². The monoisotopic (exact) mass is 375 g/mol. The molecule has 0 bridgehead atoms. The second kappa shape index (κ2) is 8.37. The van der Waals surface area contributed by atoms with Crippen LogP contribution in [0.4, 0.5) is 5.13 Å². The van der Waals surface area contributed by atoms with Crippen LogP contribution in [0.1, 0.15) is 26.3 Å². The molecule has 0 amide bonds. The molecule has 1 aliphatic rings. The summed E-state index contributed by atoms with van der Waals surface area (Å²) in [7, 11) is 0. The number of aliphatic hydroxyl groups is 1. The van der Waals surface area contributed by atoms with Crippen molar-refractivity contribution < 1.29 is 9.84 Å². The van der Waals surface area contributed by atoms with Crippen LogP contribution in [-0.4, -0.2) is 60.4 Å². The minimum Gasteiger partial charge on any atom is -0.491 e. The number of anilines is 1. The molecule has 1 unspecified atom stereocenters. The molecule has 0 aliphatic carbocycles. The van der Waals surface area contributed by atoms with E-state index in [2.05, 4.69) is 41.6 Å². The van der Waals surface area contributed by atoms with Gasteiger partial charge < -0.3 is 14.7 Å². The van der Waals surface area contributed by atoms with Gasteiger partial charge in [-0.15, -0.1) is 11.3 Å². The number of nitrogens with zero attached hydrogens (tertiary/aromatic N) is 3. The Hall–Kier alpha value is -1.63. The summed E-state index contributed by atoms with van der Waals surface area (Å²) in [5.41, 5.74) is 1.19. The van der Waals surface area contributed by atoms with Gasteiger partial charge in [0.05, 0.1) is 0 Å². The van der Waals surface area contributed by atoms with E-state index in [1.165, 1.54) is 5.56 Å². The van der Waals surface area contributed by atoms with E-state index in [1.807, 2.05) is 29.8 Å². The molecule has 3 rings (SSSR count). The van der Waals surface area contributed by atoms with Gasteiger partial charge >= 0.3 is 0 Å². The van der Waals surface area contributed by atoms with Crippen molar-refractivity contribution in [2.45, 2.75) is 32.3 Å². The van der Waals surface area contributed by atoms with Crippen molar-refractivity contribution in [3.8, 4) is 5.75 Å². The standard InChI is InChI=1S/C20H29N3O2S/c1-20(2,3)17-6-4-5-7-18(17)25-15-16(24)14-22-9-11-23(12-10-22)19-21-8-13-26-19/h4-8,13,16,24H,9-12,14-15H2,1-3H3. The van der Waals surface area contributed by atoms with Crippen LogP contribution in [-0.2, 0) is 5.41 Å². The number of ether oxygens (including phenoxy) is 1. The molecule has 142 valence electrons. The fraction of sp³-hybridized carbons (Fsp3) is 0.550. The molecule has 0 radical (unpaired) electrons. The summed E-state index contributed by atoms with van der Waals surface area (Å²) in [5, 5.41) is 13.5. The van der Waals surface area contributed by atoms with E-state index in [4.69, 9.17) is 4.74 Å². The molecule has 1 N–H and O–H groups in total. The van der Waals surface area contributed by atoms with E-state index in [9.17, 15) is 5.11 Å². The zero-order valence-electron chi connectivity index (χ0n) is 15.9. The molecular weight excluding hydrogens is 346 g/mol. The highest BCUT2D eigenvalue weighted by molar-refractivity contribution is 7.13. The Morgan fingerprint density at radius 3 is 2.58 bits per heavy atom. The highest BCUT2D eigenvalue weighted by atomic mass is 32.1. The molecule has 0 spiro atoms. The molecule has 0 saturated carbocycles. The topological polar surface area (TPSA) is 48.8 Å². The second-order valence-corrected chi connectivity index (χ2v) is 8.69. The van der Waals surface area contributed by atoms with Gasteiger partial charge in [0.2, 0.25) is 0 Å². The molecule has 1 aliphatic heterocycles. The lowest BCUT2D eigenvalue weighted by Crippen LogP contribution is -2.49. The first-order valence-electron chi connectivity index (χ1n) is 9.20. The SMILES string of the molecule is CC(C)(C)c1ccccc1OCC(O)CN1CCN(c2nccs2)CC1. The Bertz CT molecular complexity index is 677. The van der Waals surface area contributed by atoms with Crippen LogP contribution < -0.4 is 9.64 Å². The predicted molar refractivity (Wildman–Crippen MR) is 107 cm³/mol. The van der Waals surface area contributed by atoms with Crippen molar-refractivity contribution in [1.29, 1.82) is 0 Å². The van der Waals surface area contributed by atoms with Crippen molar-refractivity contribution in [3.63, 3.8) is 0 Å². The van der Waals surface area contributed by atoms with Gasteiger partial charge in [0.15, 0.2) is 5.13 Å². The largest absolute Gasteiger partial charge is 0.491 e. The first-order chi connectivity index (χ1) is 12.4. The van der Waals surface area contributed by atoms with E-state index < -0.39 is 6.10 Å². The Labute approximate surface area is 160 Å². The highest BCUT2D eigenvalue weighted by Crippen LogP contribution is 2.31. The van der Waals surface area contributed by atoms with Crippen LogP contribution in [0.3, 0.4) is 0 Å². The fourth-order valence-electron chi connectivity index (χ4n) is 3.24. The molecule has 2 aromatic rings. The van der Waals surface area contributed by atoms with Crippen molar-refractivity contribution in [2.75, 3.05) is 44.2 Å². The lowest BCUT2D eigenvalue weighted by Gasteiger charge is -2.35. The third-order valence-electron chi connectivity index (χ3n) is 4.66. The molecular formula is C20H29N3O2S. The van der Waals surface area contributed by atoms with E-state index >= 15 is 0 Å². The van der Waals surface area contributed by atoms with Gasteiger partial charge in [-0.25, -0.2) is 4.98 Å². The van der Waals surface area contributed by atoms with Crippen LogP contribution in [0.2, 0.25) is 0 Å². The van der Waals surface area contributed by atoms with Crippen molar-refractivity contribution in [3.05, 3.63) is 41.4 Å². The summed E-state index contributed by atoms with van der Waals surface area (Å²) in [6.45, 7) is 11.3. The van der Waals surface area contributed by atoms with Gasteiger partial charge in [0.25, 0.3) is 0 Å². The average molecular weight is 376 g/mol. The number of piperazine rings is 1.